The smallest absolute Gasteiger partial charge is 0.144 e. The van der Waals surface area contributed by atoms with Gasteiger partial charge in [-0.1, -0.05) is 29.3 Å². The van der Waals surface area contributed by atoms with E-state index in [0.29, 0.717) is 10.0 Å². The second kappa shape index (κ2) is 4.17. The Balaban J connectivity index is 2.60. The minimum atomic E-state index is 0.626. The Morgan fingerprint density at radius 3 is 2.60 bits per heavy atom. The zero-order valence-corrected chi connectivity index (χ0v) is 9.59. The molecule has 0 N–H and O–H groups in total. The largest absolute Gasteiger partial charge is 0.495 e. The lowest BCUT2D eigenvalue weighted by Crippen LogP contribution is -1.95. The normalized spacial score (nSPS) is 10.3. The molecule has 0 saturated carbocycles. The van der Waals surface area contributed by atoms with Crippen LogP contribution in [0.15, 0.2) is 36.7 Å². The molecule has 0 bridgehead atoms. The first-order valence-corrected chi connectivity index (χ1v) is 5.14. The van der Waals surface area contributed by atoms with Gasteiger partial charge in [0.2, 0.25) is 0 Å². The molecule has 15 heavy (non-hydrogen) atoms. The van der Waals surface area contributed by atoms with Gasteiger partial charge in [0.15, 0.2) is 0 Å². The van der Waals surface area contributed by atoms with E-state index in [2.05, 4.69) is 0 Å². The molecule has 78 valence electrons. The van der Waals surface area contributed by atoms with E-state index in [4.69, 9.17) is 27.9 Å². The van der Waals surface area contributed by atoms with E-state index in [1.807, 2.05) is 29.0 Å². The highest BCUT2D eigenvalue weighted by Crippen LogP contribution is 2.31. The fourth-order valence-corrected chi connectivity index (χ4v) is 1.85. The minimum Gasteiger partial charge on any atom is -0.495 e. The van der Waals surface area contributed by atoms with E-state index in [0.717, 1.165) is 11.4 Å². The summed E-state index contributed by atoms with van der Waals surface area (Å²) < 4.78 is 7.08. The number of hydrogen-bond donors (Lipinski definition) is 0. The fraction of sp³-hybridized carbons (Fsp3) is 0.0909. The van der Waals surface area contributed by atoms with Gasteiger partial charge in [0, 0.05) is 12.4 Å². The number of aromatic nitrogens is 1. The van der Waals surface area contributed by atoms with Crippen LogP contribution < -0.4 is 4.74 Å². The monoisotopic (exact) mass is 241 g/mol. The molecule has 0 fully saturated rings. The van der Waals surface area contributed by atoms with Crippen LogP contribution in [0, 0.1) is 0 Å². The van der Waals surface area contributed by atoms with Gasteiger partial charge in [0.05, 0.1) is 17.2 Å². The summed E-state index contributed by atoms with van der Waals surface area (Å²) in [4.78, 5) is 0. The summed E-state index contributed by atoms with van der Waals surface area (Å²) in [7, 11) is 1.61. The van der Waals surface area contributed by atoms with Crippen molar-refractivity contribution in [1.82, 2.24) is 4.57 Å². The van der Waals surface area contributed by atoms with E-state index in [-0.39, 0.29) is 0 Å². The average molecular weight is 242 g/mol. The van der Waals surface area contributed by atoms with Crippen molar-refractivity contribution < 1.29 is 4.74 Å². The molecule has 0 radical (unpaired) electrons. The zero-order chi connectivity index (χ0) is 10.8. The number of rotatable bonds is 2. The molecule has 0 saturated heterocycles. The highest BCUT2D eigenvalue weighted by molar-refractivity contribution is 6.33. The molecular weight excluding hydrogens is 233 g/mol. The van der Waals surface area contributed by atoms with Crippen LogP contribution in [0.4, 0.5) is 0 Å². The summed E-state index contributed by atoms with van der Waals surface area (Å²) in [6.07, 6.45) is 3.62. The Bertz CT molecular complexity index is 479. The molecule has 1 heterocycles. The third kappa shape index (κ3) is 1.96. The second-order valence-corrected chi connectivity index (χ2v) is 3.87. The number of benzene rings is 1. The number of nitrogens with zero attached hydrogens (tertiary/aromatic N) is 1. The third-order valence-corrected chi connectivity index (χ3v) is 2.61. The molecule has 0 atom stereocenters. The summed E-state index contributed by atoms with van der Waals surface area (Å²) in [6, 6.07) is 7.31. The first-order valence-electron chi connectivity index (χ1n) is 4.39. The lowest BCUT2D eigenvalue weighted by Gasteiger charge is -2.10. The summed E-state index contributed by atoms with van der Waals surface area (Å²) in [5.74, 6) is 0.717. The number of para-hydroxylation sites is 1. The van der Waals surface area contributed by atoms with Gasteiger partial charge in [-0.2, -0.15) is 0 Å². The van der Waals surface area contributed by atoms with Crippen molar-refractivity contribution >= 4 is 23.2 Å². The standard InChI is InChI=1S/C11H9Cl2NO/c1-15-10-4-2-3-9(13)11(10)14-6-5-8(12)7-14/h2-7H,1H3. The summed E-state index contributed by atoms with van der Waals surface area (Å²) >= 11 is 12.0. The fourth-order valence-electron chi connectivity index (χ4n) is 1.42. The zero-order valence-electron chi connectivity index (χ0n) is 8.08. The minimum absolute atomic E-state index is 0.626. The van der Waals surface area contributed by atoms with Crippen LogP contribution in [0.5, 0.6) is 5.75 Å². The SMILES string of the molecule is COc1cccc(Cl)c1-n1ccc(Cl)c1. The van der Waals surface area contributed by atoms with E-state index in [1.54, 1.807) is 19.4 Å². The maximum atomic E-state index is 6.11. The predicted molar refractivity (Wildman–Crippen MR) is 62.3 cm³/mol. The van der Waals surface area contributed by atoms with Gasteiger partial charge in [-0.15, -0.1) is 0 Å². The van der Waals surface area contributed by atoms with Crippen molar-refractivity contribution in [2.75, 3.05) is 7.11 Å². The topological polar surface area (TPSA) is 14.2 Å². The van der Waals surface area contributed by atoms with Gasteiger partial charge >= 0.3 is 0 Å². The quantitative estimate of drug-likeness (QED) is 0.781. The Labute approximate surface area is 98.0 Å². The van der Waals surface area contributed by atoms with Gasteiger partial charge in [0.1, 0.15) is 11.4 Å². The third-order valence-electron chi connectivity index (χ3n) is 2.08. The Morgan fingerprint density at radius 2 is 2.00 bits per heavy atom. The molecule has 1 aromatic heterocycles. The van der Waals surface area contributed by atoms with Gasteiger partial charge in [-0.3, -0.25) is 0 Å². The van der Waals surface area contributed by atoms with Gasteiger partial charge in [-0.05, 0) is 18.2 Å². The molecule has 2 aromatic rings. The lowest BCUT2D eigenvalue weighted by molar-refractivity contribution is 0.413. The Hall–Kier alpha value is -1.12. The van der Waals surface area contributed by atoms with E-state index >= 15 is 0 Å². The van der Waals surface area contributed by atoms with Gasteiger partial charge in [0.25, 0.3) is 0 Å². The predicted octanol–water partition coefficient (Wildman–Crippen LogP) is 3.79. The molecule has 1 aromatic carbocycles. The molecule has 0 spiro atoms. The number of methoxy groups -OCH3 is 1. The highest BCUT2D eigenvalue weighted by Gasteiger charge is 2.09. The summed E-state index contributed by atoms with van der Waals surface area (Å²) in [6.45, 7) is 0. The molecule has 2 rings (SSSR count). The van der Waals surface area contributed by atoms with Crippen LogP contribution in [-0.2, 0) is 0 Å². The van der Waals surface area contributed by atoms with Crippen LogP contribution in [0.2, 0.25) is 10.0 Å². The van der Waals surface area contributed by atoms with Crippen molar-refractivity contribution in [3.05, 3.63) is 46.7 Å². The van der Waals surface area contributed by atoms with Gasteiger partial charge < -0.3 is 9.30 Å². The average Bonchev–Trinajstić information content (AvgIpc) is 2.64. The number of ether oxygens (including phenoxy) is 1. The van der Waals surface area contributed by atoms with Crippen LogP contribution in [0.1, 0.15) is 0 Å². The molecule has 4 heteroatoms. The summed E-state index contributed by atoms with van der Waals surface area (Å²) in [5.41, 5.74) is 0.800. The van der Waals surface area contributed by atoms with Crippen molar-refractivity contribution in [1.29, 1.82) is 0 Å². The van der Waals surface area contributed by atoms with Crippen molar-refractivity contribution in [3.8, 4) is 11.4 Å². The molecule has 0 aliphatic carbocycles. The lowest BCUT2D eigenvalue weighted by atomic mass is 10.3. The number of hydrogen-bond acceptors (Lipinski definition) is 1. The van der Waals surface area contributed by atoms with Crippen LogP contribution in [0.3, 0.4) is 0 Å². The Morgan fingerprint density at radius 1 is 1.20 bits per heavy atom. The maximum Gasteiger partial charge on any atom is 0.144 e. The molecule has 0 amide bonds. The van der Waals surface area contributed by atoms with Crippen molar-refractivity contribution in [3.63, 3.8) is 0 Å². The van der Waals surface area contributed by atoms with E-state index in [1.165, 1.54) is 0 Å². The maximum absolute atomic E-state index is 6.11. The number of halogens is 2. The highest BCUT2D eigenvalue weighted by atomic mass is 35.5. The van der Waals surface area contributed by atoms with Crippen LogP contribution >= 0.6 is 23.2 Å². The van der Waals surface area contributed by atoms with Crippen molar-refractivity contribution in [2.45, 2.75) is 0 Å². The molecule has 2 nitrogen and oxygen atoms in total. The van der Waals surface area contributed by atoms with E-state index < -0.39 is 0 Å². The molecule has 0 aliphatic rings. The second-order valence-electron chi connectivity index (χ2n) is 3.03. The Kier molecular flexibility index (Phi) is 2.89. The molecular formula is C11H9Cl2NO. The van der Waals surface area contributed by atoms with Crippen LogP contribution in [0.25, 0.3) is 5.69 Å². The van der Waals surface area contributed by atoms with Crippen molar-refractivity contribution in [2.24, 2.45) is 0 Å². The van der Waals surface area contributed by atoms with E-state index in [9.17, 15) is 0 Å². The first-order chi connectivity index (χ1) is 7.22. The van der Waals surface area contributed by atoms with Crippen LogP contribution in [-0.4, -0.2) is 11.7 Å². The summed E-state index contributed by atoms with van der Waals surface area (Å²) in [5, 5.41) is 1.29. The molecule has 0 unspecified atom stereocenters. The molecule has 0 aliphatic heterocycles. The first kappa shape index (κ1) is 10.4. The van der Waals surface area contributed by atoms with Gasteiger partial charge in [-0.25, -0.2) is 0 Å².